The molecule has 0 spiro atoms. The van der Waals surface area contributed by atoms with Gasteiger partial charge >= 0.3 is 12.3 Å². The molecule has 0 atom stereocenters. The Bertz CT molecular complexity index is 783. The number of rotatable bonds is 7. The summed E-state index contributed by atoms with van der Waals surface area (Å²) in [5.74, 6) is -3.30. The van der Waals surface area contributed by atoms with E-state index >= 15 is 0 Å². The molecule has 2 aliphatic carbocycles. The summed E-state index contributed by atoms with van der Waals surface area (Å²) in [6.45, 7) is 1.11. The fraction of sp³-hybridized carbons (Fsp3) is 0.667. The molecule has 186 valence electrons. The normalized spacial score (nSPS) is 27.2. The minimum Gasteiger partial charge on any atom is -0.431 e. The van der Waals surface area contributed by atoms with E-state index < -0.39 is 47.9 Å². The number of benzene rings is 1. The van der Waals surface area contributed by atoms with Crippen molar-refractivity contribution < 1.29 is 40.2 Å². The second-order valence-corrected chi connectivity index (χ2v) is 9.25. The van der Waals surface area contributed by atoms with Crippen molar-refractivity contribution in [1.82, 2.24) is 0 Å². The Kier molecular flexibility index (Phi) is 8.35. The molecule has 2 aliphatic rings. The average molecular weight is 482 g/mol. The monoisotopic (exact) mass is 482 g/mol. The first kappa shape index (κ1) is 25.8. The Morgan fingerprint density at radius 3 is 1.79 bits per heavy atom. The molecule has 0 radical (unpaired) electrons. The van der Waals surface area contributed by atoms with E-state index in [1.807, 2.05) is 0 Å². The first-order chi connectivity index (χ1) is 15.4. The summed E-state index contributed by atoms with van der Waals surface area (Å²) in [5, 5.41) is 0. The lowest BCUT2D eigenvalue weighted by molar-refractivity contribution is -0.222. The number of alkyl halides is 5. The van der Waals surface area contributed by atoms with Crippen LogP contribution in [-0.2, 0) is 10.9 Å². The van der Waals surface area contributed by atoms with E-state index in [0.29, 0.717) is 24.7 Å². The van der Waals surface area contributed by atoms with Crippen molar-refractivity contribution in [3.05, 3.63) is 41.5 Å². The molecule has 33 heavy (non-hydrogen) atoms. The first-order valence-corrected chi connectivity index (χ1v) is 11.4. The SMILES string of the molecule is CC1CCC(/C=C/C2CCC(OCC(F)(F)Oc3cc(F)c(C(F)(F)F)c(F)c3)CC2)CC1. The van der Waals surface area contributed by atoms with Crippen molar-refractivity contribution in [2.45, 2.75) is 76.7 Å². The molecule has 0 N–H and O–H groups in total. The predicted octanol–water partition coefficient (Wildman–Crippen LogP) is 7.91. The van der Waals surface area contributed by atoms with Crippen molar-refractivity contribution in [3.8, 4) is 5.75 Å². The molecule has 0 aromatic heterocycles. The second-order valence-electron chi connectivity index (χ2n) is 9.25. The highest BCUT2D eigenvalue weighted by Gasteiger charge is 2.40. The maximum Gasteiger partial charge on any atom is 0.422 e. The fourth-order valence-electron chi connectivity index (χ4n) is 4.54. The van der Waals surface area contributed by atoms with Gasteiger partial charge in [-0.15, -0.1) is 0 Å². The van der Waals surface area contributed by atoms with Crippen LogP contribution < -0.4 is 4.74 Å². The third-order valence-corrected chi connectivity index (χ3v) is 6.49. The Morgan fingerprint density at radius 2 is 1.30 bits per heavy atom. The smallest absolute Gasteiger partial charge is 0.422 e. The molecular weight excluding hydrogens is 453 g/mol. The number of hydrogen-bond acceptors (Lipinski definition) is 2. The van der Waals surface area contributed by atoms with Crippen LogP contribution in [0.1, 0.15) is 63.9 Å². The van der Waals surface area contributed by atoms with E-state index in [0.717, 1.165) is 18.8 Å². The summed E-state index contributed by atoms with van der Waals surface area (Å²) < 4.78 is 103. The summed E-state index contributed by atoms with van der Waals surface area (Å²) in [4.78, 5) is 0. The van der Waals surface area contributed by atoms with Gasteiger partial charge < -0.3 is 9.47 Å². The molecular formula is C24H29F7O2. The van der Waals surface area contributed by atoms with Gasteiger partial charge in [0.05, 0.1) is 6.10 Å². The molecule has 1 aromatic carbocycles. The van der Waals surface area contributed by atoms with Crippen molar-refractivity contribution in [2.24, 2.45) is 17.8 Å². The Labute approximate surface area is 189 Å². The molecule has 0 heterocycles. The number of ether oxygens (including phenoxy) is 2. The number of allylic oxidation sites excluding steroid dienone is 2. The summed E-state index contributed by atoms with van der Waals surface area (Å²) in [6, 6.07) is 0.175. The third kappa shape index (κ3) is 7.62. The van der Waals surface area contributed by atoms with Crippen LogP contribution in [0.4, 0.5) is 30.7 Å². The zero-order valence-electron chi connectivity index (χ0n) is 18.4. The second kappa shape index (κ2) is 10.7. The topological polar surface area (TPSA) is 18.5 Å². The number of hydrogen-bond donors (Lipinski definition) is 0. The van der Waals surface area contributed by atoms with Crippen molar-refractivity contribution in [2.75, 3.05) is 6.61 Å². The highest BCUT2D eigenvalue weighted by molar-refractivity contribution is 5.32. The van der Waals surface area contributed by atoms with Crippen LogP contribution in [0, 0.1) is 29.4 Å². The maximum atomic E-state index is 14.1. The highest BCUT2D eigenvalue weighted by atomic mass is 19.4. The average Bonchev–Trinajstić information content (AvgIpc) is 2.71. The zero-order chi connectivity index (χ0) is 24.2. The molecule has 2 fully saturated rings. The van der Waals surface area contributed by atoms with Crippen molar-refractivity contribution in [1.29, 1.82) is 0 Å². The molecule has 0 saturated heterocycles. The van der Waals surface area contributed by atoms with Gasteiger partial charge in [-0.1, -0.05) is 31.9 Å². The molecule has 3 rings (SSSR count). The quantitative estimate of drug-likeness (QED) is 0.290. The van der Waals surface area contributed by atoms with Crippen LogP contribution in [0.5, 0.6) is 5.75 Å². The zero-order valence-corrected chi connectivity index (χ0v) is 18.4. The van der Waals surface area contributed by atoms with Gasteiger partial charge in [-0.2, -0.15) is 22.0 Å². The summed E-state index contributed by atoms with van der Waals surface area (Å²) in [5.41, 5.74) is -2.15. The molecule has 9 heteroatoms. The van der Waals surface area contributed by atoms with Gasteiger partial charge in [-0.25, -0.2) is 8.78 Å². The molecule has 0 bridgehead atoms. The largest absolute Gasteiger partial charge is 0.431 e. The summed E-state index contributed by atoms with van der Waals surface area (Å²) in [7, 11) is 0. The lowest BCUT2D eigenvalue weighted by Gasteiger charge is -2.29. The molecule has 2 saturated carbocycles. The van der Waals surface area contributed by atoms with Gasteiger partial charge in [0.1, 0.15) is 22.9 Å². The van der Waals surface area contributed by atoms with Gasteiger partial charge in [0.2, 0.25) is 0 Å². The molecule has 1 aromatic rings. The van der Waals surface area contributed by atoms with Crippen LogP contribution in [-0.4, -0.2) is 18.8 Å². The van der Waals surface area contributed by atoms with E-state index in [1.165, 1.54) is 25.7 Å². The fourth-order valence-corrected chi connectivity index (χ4v) is 4.54. The molecule has 0 unspecified atom stereocenters. The van der Waals surface area contributed by atoms with E-state index in [9.17, 15) is 30.7 Å². The Hall–Kier alpha value is -1.77. The van der Waals surface area contributed by atoms with Crippen molar-refractivity contribution >= 4 is 0 Å². The van der Waals surface area contributed by atoms with Crippen LogP contribution in [0.2, 0.25) is 0 Å². The highest BCUT2D eigenvalue weighted by Crippen LogP contribution is 2.37. The lowest BCUT2D eigenvalue weighted by atomic mass is 9.81. The van der Waals surface area contributed by atoms with Crippen LogP contribution >= 0.6 is 0 Å². The molecule has 2 nitrogen and oxygen atoms in total. The van der Waals surface area contributed by atoms with E-state index in [4.69, 9.17) is 4.74 Å². The van der Waals surface area contributed by atoms with Crippen LogP contribution in [0.3, 0.4) is 0 Å². The summed E-state index contributed by atoms with van der Waals surface area (Å²) in [6.07, 6.45) is 2.61. The van der Waals surface area contributed by atoms with E-state index in [2.05, 4.69) is 23.8 Å². The maximum absolute atomic E-state index is 14.1. The van der Waals surface area contributed by atoms with E-state index in [1.54, 1.807) is 0 Å². The van der Waals surface area contributed by atoms with Gasteiger partial charge in [0.15, 0.2) is 6.61 Å². The standard InChI is InChI=1S/C24H29F7O2/c1-15-2-4-16(5-3-15)6-7-17-8-10-18(11-9-17)32-14-23(27,28)33-19-12-20(25)22(21(26)13-19)24(29,30)31/h6-7,12-13,15-18H,2-5,8-11,14H2,1H3/b7-6+. The Morgan fingerprint density at radius 1 is 0.818 bits per heavy atom. The van der Waals surface area contributed by atoms with Gasteiger partial charge in [-0.3, -0.25) is 0 Å². The van der Waals surface area contributed by atoms with Crippen LogP contribution in [0.15, 0.2) is 24.3 Å². The predicted molar refractivity (Wildman–Crippen MR) is 109 cm³/mol. The van der Waals surface area contributed by atoms with Gasteiger partial charge in [0.25, 0.3) is 0 Å². The van der Waals surface area contributed by atoms with Gasteiger partial charge in [-0.05, 0) is 56.3 Å². The Balaban J connectivity index is 1.44. The third-order valence-electron chi connectivity index (χ3n) is 6.49. The van der Waals surface area contributed by atoms with Gasteiger partial charge in [0, 0.05) is 12.1 Å². The van der Waals surface area contributed by atoms with E-state index in [-0.39, 0.29) is 12.1 Å². The number of halogens is 7. The van der Waals surface area contributed by atoms with Crippen molar-refractivity contribution in [3.63, 3.8) is 0 Å². The lowest BCUT2D eigenvalue weighted by Crippen LogP contribution is -2.34. The minimum absolute atomic E-state index is 0.0876. The summed E-state index contributed by atoms with van der Waals surface area (Å²) >= 11 is 0. The molecule has 0 amide bonds. The molecule has 0 aliphatic heterocycles. The first-order valence-electron chi connectivity index (χ1n) is 11.4. The minimum atomic E-state index is -5.29. The van der Waals surface area contributed by atoms with Crippen LogP contribution in [0.25, 0.3) is 0 Å².